The highest BCUT2D eigenvalue weighted by Gasteiger charge is 2.56. The van der Waals surface area contributed by atoms with Gasteiger partial charge in [-0.25, -0.2) is 4.68 Å². The summed E-state index contributed by atoms with van der Waals surface area (Å²) in [7, 11) is 0. The Bertz CT molecular complexity index is 921. The van der Waals surface area contributed by atoms with E-state index in [0.717, 1.165) is 24.8 Å². The van der Waals surface area contributed by atoms with Crippen LogP contribution in [0, 0.1) is 5.92 Å². The molecule has 1 aliphatic carbocycles. The number of carbonyl (C=O) groups is 2. The summed E-state index contributed by atoms with van der Waals surface area (Å²) in [4.78, 5) is 27.3. The van der Waals surface area contributed by atoms with Crippen LogP contribution in [0.3, 0.4) is 0 Å². The fraction of sp³-hybridized carbons (Fsp3) is 0.550. The largest absolute Gasteiger partial charge is 0.383 e. The first-order chi connectivity index (χ1) is 14.5. The van der Waals surface area contributed by atoms with E-state index in [4.69, 9.17) is 11.6 Å². The second-order valence-corrected chi connectivity index (χ2v) is 8.40. The number of likely N-dealkylation sites (tertiary alicyclic amines) is 1. The van der Waals surface area contributed by atoms with Gasteiger partial charge in [0, 0.05) is 17.6 Å². The molecular formula is C20H25ClN6O3. The smallest absolute Gasteiger partial charge is 0.252 e. The van der Waals surface area contributed by atoms with Crippen molar-refractivity contribution in [3.05, 3.63) is 35.1 Å². The molecular weight excluding hydrogens is 408 g/mol. The molecule has 4 atom stereocenters. The third-order valence-corrected chi connectivity index (χ3v) is 6.10. The van der Waals surface area contributed by atoms with Crippen molar-refractivity contribution in [2.24, 2.45) is 5.92 Å². The zero-order valence-corrected chi connectivity index (χ0v) is 17.5. The molecule has 9 nitrogen and oxygen atoms in total. The number of rotatable bonds is 8. The molecule has 1 aliphatic heterocycles. The third-order valence-electron chi connectivity index (χ3n) is 5.87. The lowest BCUT2D eigenvalue weighted by Crippen LogP contribution is -2.50. The molecule has 160 valence electrons. The molecule has 1 saturated carbocycles. The van der Waals surface area contributed by atoms with E-state index in [1.165, 1.54) is 11.0 Å². The van der Waals surface area contributed by atoms with Crippen molar-refractivity contribution in [1.82, 2.24) is 30.4 Å². The Morgan fingerprint density at radius 1 is 1.37 bits per heavy atom. The molecule has 4 rings (SSSR count). The van der Waals surface area contributed by atoms with Crippen LogP contribution in [0.15, 0.2) is 24.5 Å². The van der Waals surface area contributed by atoms with Crippen molar-refractivity contribution >= 4 is 23.4 Å². The van der Waals surface area contributed by atoms with Crippen molar-refractivity contribution in [1.29, 1.82) is 0 Å². The lowest BCUT2D eigenvalue weighted by molar-refractivity contribution is -0.146. The molecule has 2 aliphatic rings. The van der Waals surface area contributed by atoms with Gasteiger partial charge in [-0.2, -0.15) is 0 Å². The number of aliphatic hydroxyl groups excluding tert-OH is 1. The van der Waals surface area contributed by atoms with Gasteiger partial charge in [0.15, 0.2) is 0 Å². The average Bonchev–Trinajstić information content (AvgIpc) is 3.15. The van der Waals surface area contributed by atoms with Gasteiger partial charge in [-0.15, -0.1) is 5.10 Å². The van der Waals surface area contributed by atoms with Crippen molar-refractivity contribution in [2.45, 2.75) is 63.8 Å². The summed E-state index contributed by atoms with van der Waals surface area (Å²) in [5, 5.41) is 24.9. The minimum Gasteiger partial charge on any atom is -0.383 e. The van der Waals surface area contributed by atoms with Crippen LogP contribution < -0.4 is 5.32 Å². The minimum absolute atomic E-state index is 0.0764. The number of piperidine rings is 1. The molecule has 2 fully saturated rings. The van der Waals surface area contributed by atoms with Gasteiger partial charge in [0.05, 0.1) is 5.69 Å². The van der Waals surface area contributed by atoms with Crippen LogP contribution in [0.1, 0.15) is 44.6 Å². The van der Waals surface area contributed by atoms with E-state index in [-0.39, 0.29) is 24.4 Å². The van der Waals surface area contributed by atoms with E-state index in [1.807, 2.05) is 6.92 Å². The summed E-state index contributed by atoms with van der Waals surface area (Å²) < 4.78 is 1.50. The van der Waals surface area contributed by atoms with Crippen LogP contribution >= 0.6 is 11.6 Å². The zero-order chi connectivity index (χ0) is 21.3. The Morgan fingerprint density at radius 2 is 2.20 bits per heavy atom. The fourth-order valence-electron chi connectivity index (χ4n) is 4.19. The molecule has 2 N–H and O–H groups in total. The summed E-state index contributed by atoms with van der Waals surface area (Å²) in [5.41, 5.74) is 1.47. The van der Waals surface area contributed by atoms with E-state index >= 15 is 0 Å². The van der Waals surface area contributed by atoms with Crippen molar-refractivity contribution in [3.63, 3.8) is 0 Å². The minimum atomic E-state index is -1.04. The van der Waals surface area contributed by atoms with Crippen LogP contribution in [0.4, 0.5) is 0 Å². The number of hydrogen-bond donors (Lipinski definition) is 2. The molecule has 0 radical (unpaired) electrons. The summed E-state index contributed by atoms with van der Waals surface area (Å²) in [6.45, 7) is 2.24. The van der Waals surface area contributed by atoms with Crippen LogP contribution in [-0.2, 0) is 16.1 Å². The van der Waals surface area contributed by atoms with Crippen LogP contribution in [0.2, 0.25) is 5.02 Å². The Hall–Kier alpha value is -2.52. The average molecular weight is 433 g/mol. The number of halogens is 1. The number of carbonyl (C=O) groups excluding carboxylic acids is 2. The van der Waals surface area contributed by atoms with Gasteiger partial charge in [-0.1, -0.05) is 31.4 Å². The molecule has 1 aromatic heterocycles. The van der Waals surface area contributed by atoms with Crippen LogP contribution in [0.5, 0.6) is 0 Å². The first-order valence-corrected chi connectivity index (χ1v) is 10.7. The molecule has 10 heteroatoms. The van der Waals surface area contributed by atoms with Crippen molar-refractivity contribution < 1.29 is 14.7 Å². The standard InChI is InChI=1S/C20H25ClN6O3/c1-2-3-4-18(28)20(30)27-16-8-12(16)9-17(27)19(29)22-10-13-7-14(21)5-6-15(13)26-11-23-24-25-26/h5-7,11-12,16-18,28H,2-4,8-10H2,1H3,(H,22,29)/t12-,16-,17-,18?/m0/s1. The molecule has 1 saturated heterocycles. The van der Waals surface area contributed by atoms with Gasteiger partial charge in [-0.05, 0) is 59.4 Å². The van der Waals surface area contributed by atoms with Gasteiger partial charge in [-0.3, -0.25) is 9.59 Å². The number of nitrogens with one attached hydrogen (secondary N) is 1. The maximum absolute atomic E-state index is 13.0. The van der Waals surface area contributed by atoms with Gasteiger partial charge in [0.1, 0.15) is 18.5 Å². The maximum atomic E-state index is 13.0. The number of aromatic nitrogens is 4. The molecule has 2 heterocycles. The topological polar surface area (TPSA) is 113 Å². The van der Waals surface area contributed by atoms with Crippen molar-refractivity contribution in [3.8, 4) is 5.69 Å². The first-order valence-electron chi connectivity index (χ1n) is 10.3. The van der Waals surface area contributed by atoms with Crippen LogP contribution in [0.25, 0.3) is 5.69 Å². The highest BCUT2D eigenvalue weighted by molar-refractivity contribution is 6.30. The first kappa shape index (κ1) is 20.7. The molecule has 0 spiro atoms. The van der Waals surface area contributed by atoms with Gasteiger partial charge < -0.3 is 15.3 Å². The molecule has 2 aromatic rings. The van der Waals surface area contributed by atoms with Gasteiger partial charge >= 0.3 is 0 Å². The van der Waals surface area contributed by atoms with E-state index in [2.05, 4.69) is 20.8 Å². The molecule has 1 aromatic carbocycles. The number of benzene rings is 1. The number of amides is 2. The van der Waals surface area contributed by atoms with E-state index in [9.17, 15) is 14.7 Å². The predicted molar refractivity (Wildman–Crippen MR) is 109 cm³/mol. The van der Waals surface area contributed by atoms with Crippen molar-refractivity contribution in [2.75, 3.05) is 0 Å². The lowest BCUT2D eigenvalue weighted by atomic mass is 10.1. The predicted octanol–water partition coefficient (Wildman–Crippen LogP) is 1.47. The number of fused-ring (bicyclic) bond motifs is 1. The highest BCUT2D eigenvalue weighted by Crippen LogP contribution is 2.48. The Kier molecular flexibility index (Phi) is 6.01. The van der Waals surface area contributed by atoms with E-state index in [1.54, 1.807) is 23.1 Å². The fourth-order valence-corrected chi connectivity index (χ4v) is 4.39. The summed E-state index contributed by atoms with van der Waals surface area (Å²) in [6.07, 6.45) is 4.08. The maximum Gasteiger partial charge on any atom is 0.252 e. The van der Waals surface area contributed by atoms with E-state index < -0.39 is 12.1 Å². The third kappa shape index (κ3) is 4.17. The molecule has 0 bridgehead atoms. The Morgan fingerprint density at radius 3 is 2.93 bits per heavy atom. The lowest BCUT2D eigenvalue weighted by Gasteiger charge is -2.29. The number of nitrogens with zero attached hydrogens (tertiary/aromatic N) is 5. The summed E-state index contributed by atoms with van der Waals surface area (Å²) in [5.74, 6) is -0.197. The zero-order valence-electron chi connectivity index (χ0n) is 16.7. The van der Waals surface area contributed by atoms with E-state index in [0.29, 0.717) is 29.5 Å². The van der Waals surface area contributed by atoms with Crippen LogP contribution in [-0.4, -0.2) is 60.2 Å². The molecule has 1 unspecified atom stereocenters. The summed E-state index contributed by atoms with van der Waals surface area (Å²) >= 11 is 6.13. The normalized spacial score (nSPS) is 23.2. The highest BCUT2D eigenvalue weighted by atomic mass is 35.5. The Labute approximate surface area is 179 Å². The monoisotopic (exact) mass is 432 g/mol. The number of tetrazole rings is 1. The number of unbranched alkanes of at least 4 members (excludes halogenated alkanes) is 1. The SMILES string of the molecule is CCCCC(O)C(=O)N1[C@H](C(=O)NCc2cc(Cl)ccc2-n2cnnn2)C[C@@H]2C[C@@H]21. The molecule has 30 heavy (non-hydrogen) atoms. The molecule has 2 amide bonds. The number of hydrogen-bond acceptors (Lipinski definition) is 6. The number of aliphatic hydroxyl groups is 1. The quantitative estimate of drug-likeness (QED) is 0.653. The van der Waals surface area contributed by atoms with Gasteiger partial charge in [0.25, 0.3) is 5.91 Å². The van der Waals surface area contributed by atoms with Gasteiger partial charge in [0.2, 0.25) is 5.91 Å². The Balaban J connectivity index is 1.44. The second kappa shape index (κ2) is 8.69. The second-order valence-electron chi connectivity index (χ2n) is 7.96. The summed E-state index contributed by atoms with van der Waals surface area (Å²) in [6, 6.07) is 4.79.